The van der Waals surface area contributed by atoms with Gasteiger partial charge >= 0.3 is 35.8 Å². The highest BCUT2D eigenvalue weighted by molar-refractivity contribution is 5.82. The molecule has 1 aromatic carbocycles. The Kier molecular flexibility index (Phi) is 13.0. The predicted molar refractivity (Wildman–Crippen MR) is 130 cm³/mol. The van der Waals surface area contributed by atoms with E-state index in [1.807, 2.05) is 0 Å². The van der Waals surface area contributed by atoms with Gasteiger partial charge in [0.25, 0.3) is 0 Å². The lowest BCUT2D eigenvalue weighted by atomic mass is 10.2. The van der Waals surface area contributed by atoms with Gasteiger partial charge in [0, 0.05) is 26.2 Å². The zero-order valence-electron chi connectivity index (χ0n) is 20.3. The zero-order valence-corrected chi connectivity index (χ0v) is 20.3. The number of carboxylic acid groups (broad SMARTS) is 6. The van der Waals surface area contributed by atoms with Gasteiger partial charge in [-0.2, -0.15) is 0 Å². The number of carbonyl (C=O) groups is 6. The number of hydrogen-bond acceptors (Lipinski definition) is 10. The summed E-state index contributed by atoms with van der Waals surface area (Å²) in [6.07, 6.45) is 0. The molecule has 0 unspecified atom stereocenters. The zero-order chi connectivity index (χ0) is 28.8. The maximum absolute atomic E-state index is 11.6. The molecule has 0 saturated heterocycles. The summed E-state index contributed by atoms with van der Waals surface area (Å²) < 4.78 is 0. The van der Waals surface area contributed by atoms with Crippen LogP contribution in [0.4, 0.5) is 11.4 Å². The van der Waals surface area contributed by atoms with Crippen LogP contribution >= 0.6 is 0 Å². The van der Waals surface area contributed by atoms with Gasteiger partial charge in [0.05, 0.1) is 37.6 Å². The number of carboxylic acids is 6. The molecule has 0 aliphatic rings. The summed E-state index contributed by atoms with van der Waals surface area (Å²) in [5.41, 5.74) is 0.481. The van der Waals surface area contributed by atoms with E-state index in [1.54, 1.807) is 12.1 Å². The van der Waals surface area contributed by atoms with Crippen LogP contribution in [0.5, 0.6) is 0 Å². The minimum atomic E-state index is -1.28. The predicted octanol–water partition coefficient (Wildman–Crippen LogP) is -1.59. The molecular weight excluding hydrogens is 512 g/mol. The topological polar surface area (TPSA) is 237 Å². The van der Waals surface area contributed by atoms with E-state index in [2.05, 4.69) is 0 Å². The molecule has 38 heavy (non-hydrogen) atoms. The molecule has 0 radical (unpaired) electrons. The quantitative estimate of drug-likeness (QED) is 0.109. The monoisotopic (exact) mass is 542 g/mol. The molecule has 0 spiro atoms. The SMILES string of the molecule is O=C(O)CN(CCN(CC(=O)O)c1ccccc1N(CCN(CC(=O)O)CC(=O)O)CC(=O)O)CC(=O)O. The Hall–Kier alpha value is -4.44. The summed E-state index contributed by atoms with van der Waals surface area (Å²) >= 11 is 0. The fraction of sp³-hybridized carbons (Fsp3) is 0.455. The largest absolute Gasteiger partial charge is 0.480 e. The molecule has 0 atom stereocenters. The molecule has 1 aromatic rings. The Balaban J connectivity index is 3.30. The third-order valence-corrected chi connectivity index (χ3v) is 5.02. The first-order valence-electron chi connectivity index (χ1n) is 11.1. The van der Waals surface area contributed by atoms with Crippen LogP contribution in [0.1, 0.15) is 0 Å². The van der Waals surface area contributed by atoms with Crippen LogP contribution in [-0.4, -0.2) is 142 Å². The van der Waals surface area contributed by atoms with Crippen LogP contribution in [0.2, 0.25) is 0 Å². The van der Waals surface area contributed by atoms with Crippen molar-refractivity contribution in [2.24, 2.45) is 0 Å². The van der Waals surface area contributed by atoms with Gasteiger partial charge in [-0.3, -0.25) is 38.6 Å². The number of nitrogens with zero attached hydrogens (tertiary/aromatic N) is 4. The summed E-state index contributed by atoms with van der Waals surface area (Å²) in [6, 6.07) is 6.11. The lowest BCUT2D eigenvalue weighted by Gasteiger charge is -2.33. The lowest BCUT2D eigenvalue weighted by molar-refractivity contribution is -0.143. The van der Waals surface area contributed by atoms with Crippen molar-refractivity contribution in [3.63, 3.8) is 0 Å². The molecule has 0 aliphatic carbocycles. The minimum Gasteiger partial charge on any atom is -0.480 e. The van der Waals surface area contributed by atoms with Gasteiger partial charge in [0.2, 0.25) is 0 Å². The first-order valence-corrected chi connectivity index (χ1v) is 11.1. The average Bonchev–Trinajstić information content (AvgIpc) is 2.77. The molecule has 1 rings (SSSR count). The molecule has 0 fully saturated rings. The second-order valence-electron chi connectivity index (χ2n) is 8.12. The van der Waals surface area contributed by atoms with Gasteiger partial charge in [-0.25, -0.2) is 0 Å². The second-order valence-corrected chi connectivity index (χ2v) is 8.12. The Morgan fingerprint density at radius 1 is 0.447 bits per heavy atom. The highest BCUT2D eigenvalue weighted by Crippen LogP contribution is 2.29. The number of rotatable bonds is 20. The smallest absolute Gasteiger partial charge is 0.323 e. The highest BCUT2D eigenvalue weighted by atomic mass is 16.4. The number of hydrogen-bond donors (Lipinski definition) is 6. The summed E-state index contributed by atoms with van der Waals surface area (Å²) in [4.78, 5) is 72.4. The fourth-order valence-electron chi connectivity index (χ4n) is 3.61. The van der Waals surface area contributed by atoms with Crippen molar-refractivity contribution in [2.45, 2.75) is 0 Å². The molecule has 16 nitrogen and oxygen atoms in total. The first kappa shape index (κ1) is 31.6. The lowest BCUT2D eigenvalue weighted by Crippen LogP contribution is -2.44. The summed E-state index contributed by atoms with van der Waals surface area (Å²) in [6.45, 7) is -4.16. The van der Waals surface area contributed by atoms with Crippen molar-refractivity contribution < 1.29 is 59.4 Å². The average molecular weight is 542 g/mol. The number of aliphatic carboxylic acids is 6. The number of para-hydroxylation sites is 2. The van der Waals surface area contributed by atoms with Crippen molar-refractivity contribution in [1.82, 2.24) is 9.80 Å². The fourth-order valence-corrected chi connectivity index (χ4v) is 3.61. The van der Waals surface area contributed by atoms with Crippen LogP contribution in [0.15, 0.2) is 24.3 Å². The van der Waals surface area contributed by atoms with E-state index in [1.165, 1.54) is 21.9 Å². The van der Waals surface area contributed by atoms with Crippen molar-refractivity contribution in [1.29, 1.82) is 0 Å². The van der Waals surface area contributed by atoms with Gasteiger partial charge in [-0.05, 0) is 12.1 Å². The highest BCUT2D eigenvalue weighted by Gasteiger charge is 2.23. The van der Waals surface area contributed by atoms with Gasteiger partial charge in [-0.1, -0.05) is 12.1 Å². The molecule has 6 N–H and O–H groups in total. The van der Waals surface area contributed by atoms with E-state index in [-0.39, 0.29) is 37.6 Å². The Bertz CT molecular complexity index is 907. The third kappa shape index (κ3) is 12.5. The van der Waals surface area contributed by atoms with Crippen molar-refractivity contribution >= 4 is 47.2 Å². The molecule has 210 valence electrons. The maximum atomic E-state index is 11.6. The maximum Gasteiger partial charge on any atom is 0.323 e. The third-order valence-electron chi connectivity index (χ3n) is 5.02. The molecule has 16 heteroatoms. The molecule has 0 heterocycles. The second kappa shape index (κ2) is 15.6. The van der Waals surface area contributed by atoms with Gasteiger partial charge < -0.3 is 40.4 Å². The normalized spacial score (nSPS) is 10.8. The minimum absolute atomic E-state index is 0.130. The molecule has 0 aromatic heterocycles. The molecular formula is C22H30N4O12. The Morgan fingerprint density at radius 3 is 0.947 bits per heavy atom. The van der Waals surface area contributed by atoms with Crippen molar-refractivity contribution in [3.8, 4) is 0 Å². The Morgan fingerprint density at radius 2 is 0.711 bits per heavy atom. The number of anilines is 2. The van der Waals surface area contributed by atoms with E-state index < -0.39 is 75.1 Å². The van der Waals surface area contributed by atoms with Gasteiger partial charge in [0.15, 0.2) is 0 Å². The number of benzene rings is 1. The summed E-state index contributed by atoms with van der Waals surface area (Å²) in [5.74, 6) is -7.65. The first-order chi connectivity index (χ1) is 17.8. The standard InChI is InChI=1S/C22H30N4O12/c27-17(28)9-23(10-18(29)30)5-7-25(13-21(35)36)15-3-1-2-4-16(15)26(14-22(37)38)8-6-24(11-19(31)32)12-20(33)34/h1-4H,5-14H2,(H,27,28)(H,29,30)(H,31,32)(H,33,34)(H,35,36)(H,37,38). The van der Waals surface area contributed by atoms with Gasteiger partial charge in [-0.15, -0.1) is 0 Å². The molecule has 0 bridgehead atoms. The van der Waals surface area contributed by atoms with Crippen LogP contribution in [0.3, 0.4) is 0 Å². The van der Waals surface area contributed by atoms with Crippen LogP contribution < -0.4 is 9.80 Å². The van der Waals surface area contributed by atoms with E-state index in [0.29, 0.717) is 0 Å². The van der Waals surface area contributed by atoms with Crippen LogP contribution in [0.25, 0.3) is 0 Å². The summed E-state index contributed by atoms with van der Waals surface area (Å²) in [5, 5.41) is 55.1. The van der Waals surface area contributed by atoms with Crippen molar-refractivity contribution in [2.75, 3.05) is 75.2 Å². The van der Waals surface area contributed by atoms with Crippen LogP contribution in [0, 0.1) is 0 Å². The van der Waals surface area contributed by atoms with E-state index >= 15 is 0 Å². The van der Waals surface area contributed by atoms with Crippen molar-refractivity contribution in [3.05, 3.63) is 24.3 Å². The molecule has 0 saturated carbocycles. The van der Waals surface area contributed by atoms with E-state index in [4.69, 9.17) is 20.4 Å². The Labute approximate surface area is 216 Å². The van der Waals surface area contributed by atoms with Gasteiger partial charge in [0.1, 0.15) is 13.1 Å². The van der Waals surface area contributed by atoms with E-state index in [9.17, 15) is 39.0 Å². The molecule has 0 aliphatic heterocycles. The van der Waals surface area contributed by atoms with E-state index in [0.717, 1.165) is 9.80 Å². The molecule has 0 amide bonds. The van der Waals surface area contributed by atoms with Crippen LogP contribution in [-0.2, 0) is 28.8 Å². The summed E-state index contributed by atoms with van der Waals surface area (Å²) in [7, 11) is 0.